The molecule has 3 saturated heterocycles. The first kappa shape index (κ1) is 14.6. The summed E-state index contributed by atoms with van der Waals surface area (Å²) in [4.78, 5) is 31.5. The first-order chi connectivity index (χ1) is 11.0. The zero-order chi connectivity index (χ0) is 16.2. The van der Waals surface area contributed by atoms with E-state index >= 15 is 0 Å². The number of hydrogen-bond donors (Lipinski definition) is 1. The molecule has 7 heteroatoms. The lowest BCUT2D eigenvalue weighted by atomic mass is 9.73. The Bertz CT molecular complexity index is 679. The first-order valence-corrected chi connectivity index (χ1v) is 7.88. The molecule has 3 aliphatic rings. The smallest absolute Gasteiger partial charge is 0.234 e. The summed E-state index contributed by atoms with van der Waals surface area (Å²) < 4.78 is 14.4. The van der Waals surface area contributed by atoms with Crippen LogP contribution in [0.2, 0.25) is 0 Å². The number of imide groups is 1. The monoisotopic (exact) mass is 318 g/mol. The van der Waals surface area contributed by atoms with Crippen LogP contribution in [-0.2, 0) is 9.59 Å². The van der Waals surface area contributed by atoms with Crippen molar-refractivity contribution in [3.05, 3.63) is 23.6 Å². The van der Waals surface area contributed by atoms with Crippen LogP contribution in [-0.4, -0.2) is 54.9 Å². The number of halogens is 1. The molecule has 3 fully saturated rings. The molecule has 1 aromatic rings. The Morgan fingerprint density at radius 3 is 2.65 bits per heavy atom. The average Bonchev–Trinajstić information content (AvgIpc) is 2.42. The van der Waals surface area contributed by atoms with E-state index in [-0.39, 0.29) is 18.2 Å². The summed E-state index contributed by atoms with van der Waals surface area (Å²) >= 11 is 0. The van der Waals surface area contributed by atoms with Crippen molar-refractivity contribution in [1.82, 2.24) is 15.2 Å². The molecule has 1 unspecified atom stereocenters. The summed E-state index contributed by atoms with van der Waals surface area (Å²) in [6, 6.07) is 1.39. The Balaban J connectivity index is 1.47. The molecule has 0 bridgehead atoms. The Hall–Kier alpha value is -2.02. The number of aromatic nitrogens is 1. The van der Waals surface area contributed by atoms with Crippen molar-refractivity contribution in [3.63, 3.8) is 0 Å². The Morgan fingerprint density at radius 2 is 2.04 bits per heavy atom. The van der Waals surface area contributed by atoms with Crippen LogP contribution in [0.1, 0.15) is 24.3 Å². The molecule has 4 rings (SSSR count). The molecule has 1 spiro atoms. The number of anilines is 1. The van der Waals surface area contributed by atoms with Crippen LogP contribution in [0.5, 0.6) is 0 Å². The predicted molar refractivity (Wildman–Crippen MR) is 81.5 cm³/mol. The molecule has 3 aliphatic heterocycles. The maximum absolute atomic E-state index is 14.4. The number of pyridine rings is 1. The molecule has 23 heavy (non-hydrogen) atoms. The molecule has 0 aliphatic carbocycles. The van der Waals surface area contributed by atoms with E-state index in [1.165, 1.54) is 6.07 Å². The molecule has 1 atom stereocenters. The highest BCUT2D eigenvalue weighted by molar-refractivity contribution is 6.00. The fourth-order valence-electron chi connectivity index (χ4n) is 4.09. The SMILES string of the molecule is CN1CC2(C1)CN(c1ncc(C3CCC(=O)NC3=O)cc1F)C2. The highest BCUT2D eigenvalue weighted by atomic mass is 19.1. The first-order valence-electron chi connectivity index (χ1n) is 7.88. The standard InChI is InChI=1S/C16H19FN4O2/c1-20-6-16(7-20)8-21(9-16)14-12(17)4-10(5-18-14)11-2-3-13(22)19-15(11)23/h4-5,11H,2-3,6-9H2,1H3,(H,19,22,23). The topological polar surface area (TPSA) is 65.5 Å². The van der Waals surface area contributed by atoms with Gasteiger partial charge >= 0.3 is 0 Å². The number of hydrogen-bond acceptors (Lipinski definition) is 5. The van der Waals surface area contributed by atoms with E-state index < -0.39 is 11.7 Å². The van der Waals surface area contributed by atoms with Gasteiger partial charge in [0.2, 0.25) is 11.8 Å². The van der Waals surface area contributed by atoms with E-state index in [1.807, 2.05) is 4.90 Å². The second-order valence-corrected chi connectivity index (χ2v) is 7.11. The second kappa shape index (κ2) is 4.99. The quantitative estimate of drug-likeness (QED) is 0.804. The number of carbonyl (C=O) groups excluding carboxylic acids is 2. The lowest BCUT2D eigenvalue weighted by Gasteiger charge is -2.59. The van der Waals surface area contributed by atoms with Crippen LogP contribution in [0.4, 0.5) is 10.2 Å². The molecule has 122 valence electrons. The van der Waals surface area contributed by atoms with Gasteiger partial charge in [0.25, 0.3) is 0 Å². The largest absolute Gasteiger partial charge is 0.353 e. The molecular formula is C16H19FN4O2. The Labute approximate surface area is 133 Å². The van der Waals surface area contributed by atoms with E-state index in [2.05, 4.69) is 22.2 Å². The van der Waals surface area contributed by atoms with Gasteiger partial charge in [0.05, 0.1) is 5.92 Å². The third-order valence-corrected chi connectivity index (χ3v) is 5.05. The molecule has 1 aromatic heterocycles. The van der Waals surface area contributed by atoms with E-state index in [4.69, 9.17) is 0 Å². The fraction of sp³-hybridized carbons (Fsp3) is 0.562. The lowest BCUT2D eigenvalue weighted by Crippen LogP contribution is -2.71. The maximum atomic E-state index is 14.4. The highest BCUT2D eigenvalue weighted by Crippen LogP contribution is 2.41. The average molecular weight is 318 g/mol. The van der Waals surface area contributed by atoms with Crippen molar-refractivity contribution in [2.75, 3.05) is 38.1 Å². The number of nitrogens with one attached hydrogen (secondary N) is 1. The maximum Gasteiger partial charge on any atom is 0.234 e. The van der Waals surface area contributed by atoms with E-state index in [0.717, 1.165) is 26.2 Å². The molecule has 0 saturated carbocycles. The third-order valence-electron chi connectivity index (χ3n) is 5.05. The Kier molecular flexibility index (Phi) is 3.16. The normalized spacial score (nSPS) is 26.7. The summed E-state index contributed by atoms with van der Waals surface area (Å²) in [5.74, 6) is -1.16. The van der Waals surface area contributed by atoms with Gasteiger partial charge in [0.15, 0.2) is 11.6 Å². The fourth-order valence-corrected chi connectivity index (χ4v) is 4.09. The van der Waals surface area contributed by atoms with E-state index in [1.54, 1.807) is 6.20 Å². The lowest BCUT2D eigenvalue weighted by molar-refractivity contribution is -0.134. The predicted octanol–water partition coefficient (Wildman–Crippen LogP) is 0.493. The molecule has 6 nitrogen and oxygen atoms in total. The van der Waals surface area contributed by atoms with Gasteiger partial charge in [-0.1, -0.05) is 0 Å². The van der Waals surface area contributed by atoms with Crippen molar-refractivity contribution in [1.29, 1.82) is 0 Å². The zero-order valence-electron chi connectivity index (χ0n) is 13.0. The summed E-state index contributed by atoms with van der Waals surface area (Å²) in [5, 5.41) is 2.29. The third kappa shape index (κ3) is 2.39. The molecule has 1 N–H and O–H groups in total. The zero-order valence-corrected chi connectivity index (χ0v) is 13.0. The molecule has 2 amide bonds. The van der Waals surface area contributed by atoms with Crippen LogP contribution in [0.25, 0.3) is 0 Å². The van der Waals surface area contributed by atoms with Gasteiger partial charge < -0.3 is 9.80 Å². The van der Waals surface area contributed by atoms with Crippen molar-refractivity contribution in [2.24, 2.45) is 5.41 Å². The summed E-state index contributed by atoms with van der Waals surface area (Å²) in [7, 11) is 2.08. The summed E-state index contributed by atoms with van der Waals surface area (Å²) in [6.07, 6.45) is 2.25. The molecule has 0 radical (unpaired) electrons. The van der Waals surface area contributed by atoms with E-state index in [9.17, 15) is 14.0 Å². The van der Waals surface area contributed by atoms with Gasteiger partial charge in [-0.05, 0) is 25.1 Å². The number of nitrogens with zero attached hydrogens (tertiary/aromatic N) is 3. The second-order valence-electron chi connectivity index (χ2n) is 7.11. The van der Waals surface area contributed by atoms with Crippen LogP contribution in [0.15, 0.2) is 12.3 Å². The molecule has 4 heterocycles. The molecule has 0 aromatic carbocycles. The van der Waals surface area contributed by atoms with Crippen LogP contribution in [0.3, 0.4) is 0 Å². The number of amides is 2. The van der Waals surface area contributed by atoms with Crippen LogP contribution < -0.4 is 10.2 Å². The highest BCUT2D eigenvalue weighted by Gasteiger charge is 2.51. The van der Waals surface area contributed by atoms with Crippen molar-refractivity contribution in [2.45, 2.75) is 18.8 Å². The number of likely N-dealkylation sites (tertiary alicyclic amines) is 1. The summed E-state index contributed by atoms with van der Waals surface area (Å²) in [6.45, 7) is 3.77. The van der Waals surface area contributed by atoms with Gasteiger partial charge in [-0.2, -0.15) is 0 Å². The minimum atomic E-state index is -0.494. The van der Waals surface area contributed by atoms with Gasteiger partial charge in [-0.25, -0.2) is 9.37 Å². The summed E-state index contributed by atoms with van der Waals surface area (Å²) in [5.41, 5.74) is 0.848. The van der Waals surface area contributed by atoms with Gasteiger partial charge in [-0.3, -0.25) is 14.9 Å². The van der Waals surface area contributed by atoms with Crippen molar-refractivity contribution in [3.8, 4) is 0 Å². The van der Waals surface area contributed by atoms with Crippen molar-refractivity contribution < 1.29 is 14.0 Å². The minimum Gasteiger partial charge on any atom is -0.353 e. The van der Waals surface area contributed by atoms with Crippen LogP contribution in [0, 0.1) is 11.2 Å². The van der Waals surface area contributed by atoms with Crippen LogP contribution >= 0.6 is 0 Å². The number of piperidine rings is 1. The Morgan fingerprint density at radius 1 is 1.30 bits per heavy atom. The van der Waals surface area contributed by atoms with Gasteiger partial charge in [0, 0.05) is 44.2 Å². The van der Waals surface area contributed by atoms with Gasteiger partial charge in [-0.15, -0.1) is 0 Å². The number of carbonyl (C=O) groups is 2. The van der Waals surface area contributed by atoms with Crippen molar-refractivity contribution >= 4 is 17.6 Å². The minimum absolute atomic E-state index is 0.271. The van der Waals surface area contributed by atoms with Gasteiger partial charge in [0.1, 0.15) is 0 Å². The van der Waals surface area contributed by atoms with E-state index in [0.29, 0.717) is 23.2 Å². The number of rotatable bonds is 2. The molecular weight excluding hydrogens is 299 g/mol.